The molecule has 0 aliphatic carbocycles. The van der Waals surface area contributed by atoms with Gasteiger partial charge in [-0.15, -0.1) is 0 Å². The van der Waals surface area contributed by atoms with Gasteiger partial charge in [0.2, 0.25) is 0 Å². The van der Waals surface area contributed by atoms with Gasteiger partial charge >= 0.3 is 11.8 Å². The SMILES string of the molecule is CCC1CCCCN1C(=O)C(=O)Nc1ccccc1C(N)=O. The van der Waals surface area contributed by atoms with Crippen LogP contribution in [0.1, 0.15) is 43.0 Å². The molecule has 3 N–H and O–H groups in total. The topological polar surface area (TPSA) is 92.5 Å². The van der Waals surface area contributed by atoms with Gasteiger partial charge in [-0.2, -0.15) is 0 Å². The Hall–Kier alpha value is -2.37. The highest BCUT2D eigenvalue weighted by Crippen LogP contribution is 2.20. The number of hydrogen-bond donors (Lipinski definition) is 2. The molecule has 1 unspecified atom stereocenters. The number of nitrogens with zero attached hydrogens (tertiary/aromatic N) is 1. The molecule has 0 radical (unpaired) electrons. The summed E-state index contributed by atoms with van der Waals surface area (Å²) in [6, 6.07) is 6.49. The molecule has 1 fully saturated rings. The smallest absolute Gasteiger partial charge is 0.313 e. The fourth-order valence-electron chi connectivity index (χ4n) is 2.81. The van der Waals surface area contributed by atoms with Crippen LogP contribution in [0.2, 0.25) is 0 Å². The Bertz CT molecular complexity index is 586. The van der Waals surface area contributed by atoms with Crippen LogP contribution in [0.25, 0.3) is 0 Å². The first-order chi connectivity index (χ1) is 10.5. The highest BCUT2D eigenvalue weighted by molar-refractivity contribution is 6.40. The first-order valence-electron chi connectivity index (χ1n) is 7.55. The fraction of sp³-hybridized carbons (Fsp3) is 0.438. The van der Waals surface area contributed by atoms with Gasteiger partial charge in [0.25, 0.3) is 5.91 Å². The normalized spacial score (nSPS) is 17.9. The average Bonchev–Trinajstić information content (AvgIpc) is 2.54. The van der Waals surface area contributed by atoms with Crippen LogP contribution in [0.15, 0.2) is 24.3 Å². The average molecular weight is 303 g/mol. The number of amides is 3. The van der Waals surface area contributed by atoms with E-state index in [0.717, 1.165) is 25.7 Å². The van der Waals surface area contributed by atoms with Gasteiger partial charge in [0.1, 0.15) is 0 Å². The molecule has 1 heterocycles. The monoisotopic (exact) mass is 303 g/mol. The summed E-state index contributed by atoms with van der Waals surface area (Å²) < 4.78 is 0. The third-order valence-electron chi connectivity index (χ3n) is 3.99. The van der Waals surface area contributed by atoms with E-state index in [9.17, 15) is 14.4 Å². The molecule has 1 aliphatic heterocycles. The molecule has 6 heteroatoms. The summed E-state index contributed by atoms with van der Waals surface area (Å²) in [5, 5.41) is 2.50. The van der Waals surface area contributed by atoms with E-state index in [0.29, 0.717) is 6.54 Å². The highest BCUT2D eigenvalue weighted by Gasteiger charge is 2.30. The van der Waals surface area contributed by atoms with Crippen LogP contribution in [0.5, 0.6) is 0 Å². The van der Waals surface area contributed by atoms with Crippen LogP contribution in [-0.4, -0.2) is 35.2 Å². The summed E-state index contributed by atoms with van der Waals surface area (Å²) in [6.45, 7) is 2.61. The summed E-state index contributed by atoms with van der Waals surface area (Å²) in [4.78, 5) is 37.5. The van der Waals surface area contributed by atoms with E-state index in [1.807, 2.05) is 6.92 Å². The van der Waals surface area contributed by atoms with Crippen molar-refractivity contribution in [2.45, 2.75) is 38.6 Å². The van der Waals surface area contributed by atoms with Crippen molar-refractivity contribution in [2.24, 2.45) is 5.73 Å². The highest BCUT2D eigenvalue weighted by atomic mass is 16.2. The number of anilines is 1. The Kier molecular flexibility index (Phi) is 5.14. The molecule has 1 atom stereocenters. The lowest BCUT2D eigenvalue weighted by Gasteiger charge is -2.34. The van der Waals surface area contributed by atoms with E-state index in [2.05, 4.69) is 5.32 Å². The molecule has 0 saturated carbocycles. The predicted octanol–water partition coefficient (Wildman–Crippen LogP) is 1.52. The van der Waals surface area contributed by atoms with Crippen molar-refractivity contribution in [1.29, 1.82) is 0 Å². The van der Waals surface area contributed by atoms with Gasteiger partial charge < -0.3 is 16.0 Å². The summed E-state index contributed by atoms with van der Waals surface area (Å²) >= 11 is 0. The van der Waals surface area contributed by atoms with E-state index in [1.54, 1.807) is 23.1 Å². The summed E-state index contributed by atoms with van der Waals surface area (Å²) in [5.41, 5.74) is 5.72. The van der Waals surface area contributed by atoms with Gasteiger partial charge in [-0.1, -0.05) is 19.1 Å². The molecule has 0 spiro atoms. The van der Waals surface area contributed by atoms with Crippen molar-refractivity contribution in [1.82, 2.24) is 4.90 Å². The zero-order chi connectivity index (χ0) is 16.1. The van der Waals surface area contributed by atoms with E-state index in [1.165, 1.54) is 6.07 Å². The van der Waals surface area contributed by atoms with Crippen LogP contribution in [0, 0.1) is 0 Å². The summed E-state index contributed by atoms with van der Waals surface area (Å²) in [7, 11) is 0. The van der Waals surface area contributed by atoms with E-state index < -0.39 is 17.7 Å². The van der Waals surface area contributed by atoms with Crippen LogP contribution < -0.4 is 11.1 Å². The third-order valence-corrected chi connectivity index (χ3v) is 3.99. The molecule has 1 aromatic rings. The quantitative estimate of drug-likeness (QED) is 0.829. The molecule has 2 rings (SSSR count). The summed E-state index contributed by atoms with van der Waals surface area (Å²) in [5.74, 6) is -1.92. The predicted molar refractivity (Wildman–Crippen MR) is 83.2 cm³/mol. The number of carbonyl (C=O) groups excluding carboxylic acids is 3. The van der Waals surface area contributed by atoms with Gasteiger partial charge in [0.05, 0.1) is 11.3 Å². The van der Waals surface area contributed by atoms with Crippen molar-refractivity contribution in [3.8, 4) is 0 Å². The zero-order valence-electron chi connectivity index (χ0n) is 12.7. The van der Waals surface area contributed by atoms with Gasteiger partial charge in [0, 0.05) is 12.6 Å². The lowest BCUT2D eigenvalue weighted by atomic mass is 10.00. The first kappa shape index (κ1) is 16.0. The van der Waals surface area contributed by atoms with Crippen LogP contribution >= 0.6 is 0 Å². The molecule has 118 valence electrons. The van der Waals surface area contributed by atoms with E-state index in [4.69, 9.17) is 5.73 Å². The minimum absolute atomic E-state index is 0.110. The Morgan fingerprint density at radius 3 is 2.68 bits per heavy atom. The zero-order valence-corrected chi connectivity index (χ0v) is 12.7. The number of primary amides is 1. The minimum atomic E-state index is -0.728. The second-order valence-corrected chi connectivity index (χ2v) is 5.42. The number of rotatable bonds is 3. The number of carbonyl (C=O) groups is 3. The molecular weight excluding hydrogens is 282 g/mol. The number of nitrogens with two attached hydrogens (primary N) is 1. The Morgan fingerprint density at radius 2 is 2.00 bits per heavy atom. The number of hydrogen-bond acceptors (Lipinski definition) is 3. The molecule has 0 aromatic heterocycles. The molecule has 1 aliphatic rings. The molecule has 3 amide bonds. The number of piperidine rings is 1. The number of nitrogens with one attached hydrogen (secondary N) is 1. The maximum Gasteiger partial charge on any atom is 0.313 e. The van der Waals surface area contributed by atoms with Crippen molar-refractivity contribution < 1.29 is 14.4 Å². The minimum Gasteiger partial charge on any atom is -0.366 e. The van der Waals surface area contributed by atoms with Crippen LogP contribution in [-0.2, 0) is 9.59 Å². The first-order valence-corrected chi connectivity index (χ1v) is 7.55. The van der Waals surface area contributed by atoms with Crippen LogP contribution in [0.4, 0.5) is 5.69 Å². The van der Waals surface area contributed by atoms with Crippen molar-refractivity contribution in [3.05, 3.63) is 29.8 Å². The summed E-state index contributed by atoms with van der Waals surface area (Å²) in [6.07, 6.45) is 3.74. The fourth-order valence-corrected chi connectivity index (χ4v) is 2.81. The molecular formula is C16H21N3O3. The van der Waals surface area contributed by atoms with Gasteiger partial charge in [-0.3, -0.25) is 14.4 Å². The molecule has 1 saturated heterocycles. The maximum absolute atomic E-state index is 12.4. The number of benzene rings is 1. The van der Waals surface area contributed by atoms with Gasteiger partial charge in [0.15, 0.2) is 0 Å². The lowest BCUT2D eigenvalue weighted by molar-refractivity contribution is -0.145. The van der Waals surface area contributed by atoms with Crippen molar-refractivity contribution in [3.63, 3.8) is 0 Å². The lowest BCUT2D eigenvalue weighted by Crippen LogP contribution is -2.48. The molecule has 22 heavy (non-hydrogen) atoms. The molecule has 6 nitrogen and oxygen atoms in total. The number of para-hydroxylation sites is 1. The van der Waals surface area contributed by atoms with Crippen molar-refractivity contribution in [2.75, 3.05) is 11.9 Å². The van der Waals surface area contributed by atoms with Gasteiger partial charge in [-0.25, -0.2) is 0 Å². The van der Waals surface area contributed by atoms with Crippen LogP contribution in [0.3, 0.4) is 0 Å². The van der Waals surface area contributed by atoms with Crippen molar-refractivity contribution >= 4 is 23.4 Å². The Morgan fingerprint density at radius 1 is 1.27 bits per heavy atom. The largest absolute Gasteiger partial charge is 0.366 e. The number of likely N-dealkylation sites (tertiary alicyclic amines) is 1. The second-order valence-electron chi connectivity index (χ2n) is 5.42. The standard InChI is InChI=1S/C16H21N3O3/c1-2-11-7-5-6-10-19(11)16(22)15(21)18-13-9-4-3-8-12(13)14(17)20/h3-4,8-9,11H,2,5-7,10H2,1H3,(H2,17,20)(H,18,21). The molecule has 1 aromatic carbocycles. The third kappa shape index (κ3) is 3.44. The second kappa shape index (κ2) is 7.06. The molecule has 0 bridgehead atoms. The van der Waals surface area contributed by atoms with E-state index in [-0.39, 0.29) is 17.3 Å². The maximum atomic E-state index is 12.4. The Balaban J connectivity index is 2.12. The van der Waals surface area contributed by atoms with E-state index >= 15 is 0 Å². The Labute approximate surface area is 129 Å². The van der Waals surface area contributed by atoms with Gasteiger partial charge in [-0.05, 0) is 37.8 Å².